The topological polar surface area (TPSA) is 65.4 Å². The number of anilines is 1. The highest BCUT2D eigenvalue weighted by Gasteiger charge is 2.05. The number of nitrogens with zero attached hydrogens (tertiary/aromatic N) is 3. The molecule has 5 heteroatoms. The van der Waals surface area contributed by atoms with Crippen molar-refractivity contribution in [3.05, 3.63) is 47.6 Å². The molecule has 0 saturated heterocycles. The molecule has 1 heterocycles. The van der Waals surface area contributed by atoms with E-state index >= 15 is 0 Å². The number of aromatic nitrogens is 2. The van der Waals surface area contributed by atoms with E-state index in [2.05, 4.69) is 14.8 Å². The predicted octanol–water partition coefficient (Wildman–Crippen LogP) is 2.96. The van der Waals surface area contributed by atoms with Crippen LogP contribution in [-0.4, -0.2) is 9.97 Å². The lowest BCUT2D eigenvalue weighted by molar-refractivity contribution is 0.441. The monoisotopic (exact) mass is 240 g/mol. The fraction of sp³-hybridized carbons (Fsp3) is 0.154. The average molecular weight is 240 g/mol. The molecule has 1 aromatic heterocycles. The number of aryl methyl sites for hydroxylation is 1. The van der Waals surface area contributed by atoms with Gasteiger partial charge in [0.2, 0.25) is 0 Å². The van der Waals surface area contributed by atoms with Crippen molar-refractivity contribution < 1.29 is 4.74 Å². The van der Waals surface area contributed by atoms with Crippen LogP contribution in [-0.2, 0) is 6.42 Å². The molecular weight excluding hydrogens is 228 g/mol. The highest BCUT2D eigenvalue weighted by molar-refractivity contribution is 5.55. The van der Waals surface area contributed by atoms with E-state index in [9.17, 15) is 0 Å². The molecule has 2 aromatic rings. The molecule has 90 valence electrons. The van der Waals surface area contributed by atoms with E-state index in [4.69, 9.17) is 17.0 Å². The summed E-state index contributed by atoms with van der Waals surface area (Å²) in [5.41, 5.74) is 7.56. The molecular formula is C13H12N4O. The maximum Gasteiger partial charge on any atom is 0.321 e. The second kappa shape index (κ2) is 5.15. The van der Waals surface area contributed by atoms with Gasteiger partial charge < -0.3 is 10.5 Å². The molecule has 2 rings (SSSR count). The number of benzene rings is 1. The summed E-state index contributed by atoms with van der Waals surface area (Å²) in [6.45, 7) is 9.04. The smallest absolute Gasteiger partial charge is 0.321 e. The normalized spacial score (nSPS) is 9.78. The molecule has 0 bridgehead atoms. The lowest BCUT2D eigenvalue weighted by Crippen LogP contribution is -1.94. The van der Waals surface area contributed by atoms with Crippen molar-refractivity contribution in [2.45, 2.75) is 13.3 Å². The first-order valence-electron chi connectivity index (χ1n) is 5.48. The van der Waals surface area contributed by atoms with Crippen molar-refractivity contribution in [1.29, 1.82) is 0 Å². The van der Waals surface area contributed by atoms with Crippen LogP contribution in [0.4, 0.5) is 11.4 Å². The fourth-order valence-electron chi connectivity index (χ4n) is 1.50. The van der Waals surface area contributed by atoms with E-state index in [0.29, 0.717) is 17.1 Å². The molecule has 2 N–H and O–H groups in total. The molecule has 0 radical (unpaired) electrons. The van der Waals surface area contributed by atoms with Gasteiger partial charge in [0, 0.05) is 0 Å². The van der Waals surface area contributed by atoms with Gasteiger partial charge in [-0.15, -0.1) is 0 Å². The quantitative estimate of drug-likeness (QED) is 0.837. The SMILES string of the molecule is [C-]#[N+]c1ccc(Oc2ncc(N)cn2)cc1CC. The van der Waals surface area contributed by atoms with E-state index in [1.54, 1.807) is 12.1 Å². The molecule has 0 fully saturated rings. The van der Waals surface area contributed by atoms with Gasteiger partial charge in [-0.1, -0.05) is 13.0 Å². The summed E-state index contributed by atoms with van der Waals surface area (Å²) in [5, 5.41) is 0. The van der Waals surface area contributed by atoms with Gasteiger partial charge in [-0.05, 0) is 24.1 Å². The summed E-state index contributed by atoms with van der Waals surface area (Å²) in [5.74, 6) is 0.615. The van der Waals surface area contributed by atoms with Crippen molar-refractivity contribution in [2.75, 3.05) is 5.73 Å². The van der Waals surface area contributed by atoms with Crippen molar-refractivity contribution >= 4 is 11.4 Å². The van der Waals surface area contributed by atoms with Crippen LogP contribution in [0.2, 0.25) is 0 Å². The Kier molecular flexibility index (Phi) is 3.39. The number of hydrogen-bond acceptors (Lipinski definition) is 4. The maximum atomic E-state index is 7.05. The summed E-state index contributed by atoms with van der Waals surface area (Å²) >= 11 is 0. The first-order chi connectivity index (χ1) is 8.72. The molecule has 0 aliphatic rings. The van der Waals surface area contributed by atoms with Gasteiger partial charge in [-0.25, -0.2) is 14.8 Å². The van der Waals surface area contributed by atoms with Crippen LogP contribution in [0, 0.1) is 6.57 Å². The Morgan fingerprint density at radius 2 is 2.06 bits per heavy atom. The lowest BCUT2D eigenvalue weighted by Gasteiger charge is -2.06. The molecule has 0 unspecified atom stereocenters. The summed E-state index contributed by atoms with van der Waals surface area (Å²) in [7, 11) is 0. The Morgan fingerprint density at radius 1 is 1.33 bits per heavy atom. The third-order valence-electron chi connectivity index (χ3n) is 2.41. The van der Waals surface area contributed by atoms with Gasteiger partial charge in [0.05, 0.1) is 24.7 Å². The summed E-state index contributed by atoms with van der Waals surface area (Å²) in [4.78, 5) is 11.4. The minimum Gasteiger partial charge on any atom is -0.424 e. The lowest BCUT2D eigenvalue weighted by atomic mass is 10.1. The second-order valence-corrected chi connectivity index (χ2v) is 3.66. The zero-order valence-corrected chi connectivity index (χ0v) is 9.92. The van der Waals surface area contributed by atoms with Gasteiger partial charge in [0.1, 0.15) is 5.75 Å². The molecule has 5 nitrogen and oxygen atoms in total. The van der Waals surface area contributed by atoms with E-state index < -0.39 is 0 Å². The van der Waals surface area contributed by atoms with Crippen LogP contribution >= 0.6 is 0 Å². The molecule has 0 spiro atoms. The zero-order valence-electron chi connectivity index (χ0n) is 9.92. The van der Waals surface area contributed by atoms with Crippen molar-refractivity contribution in [3.8, 4) is 11.8 Å². The highest BCUT2D eigenvalue weighted by Crippen LogP contribution is 2.27. The number of rotatable bonds is 3. The maximum absolute atomic E-state index is 7.05. The van der Waals surface area contributed by atoms with E-state index in [-0.39, 0.29) is 6.01 Å². The highest BCUT2D eigenvalue weighted by atomic mass is 16.5. The Morgan fingerprint density at radius 3 is 2.67 bits per heavy atom. The minimum atomic E-state index is 0.238. The van der Waals surface area contributed by atoms with Gasteiger partial charge in [0.15, 0.2) is 5.69 Å². The number of hydrogen-bond donors (Lipinski definition) is 1. The summed E-state index contributed by atoms with van der Waals surface area (Å²) in [6.07, 6.45) is 3.74. The van der Waals surface area contributed by atoms with E-state index in [0.717, 1.165) is 12.0 Å². The third kappa shape index (κ3) is 2.55. The Hall–Kier alpha value is -2.61. The summed E-state index contributed by atoms with van der Waals surface area (Å²) < 4.78 is 5.49. The number of ether oxygens (including phenoxy) is 1. The zero-order chi connectivity index (χ0) is 13.0. The average Bonchev–Trinajstić information content (AvgIpc) is 2.41. The molecule has 0 aliphatic heterocycles. The fourth-order valence-corrected chi connectivity index (χ4v) is 1.50. The summed E-state index contributed by atoms with van der Waals surface area (Å²) in [6, 6.07) is 5.53. The molecule has 18 heavy (non-hydrogen) atoms. The van der Waals surface area contributed by atoms with Gasteiger partial charge >= 0.3 is 6.01 Å². The van der Waals surface area contributed by atoms with Gasteiger partial charge in [0.25, 0.3) is 0 Å². The number of nitrogen functional groups attached to an aromatic ring is 1. The van der Waals surface area contributed by atoms with E-state index in [1.165, 1.54) is 12.4 Å². The first kappa shape index (κ1) is 11.9. The van der Waals surface area contributed by atoms with Crippen LogP contribution < -0.4 is 10.5 Å². The van der Waals surface area contributed by atoms with Crippen molar-refractivity contribution in [3.63, 3.8) is 0 Å². The van der Waals surface area contributed by atoms with Gasteiger partial charge in [-0.2, -0.15) is 0 Å². The largest absolute Gasteiger partial charge is 0.424 e. The second-order valence-electron chi connectivity index (χ2n) is 3.66. The van der Waals surface area contributed by atoms with E-state index in [1.807, 2.05) is 13.0 Å². The Labute approximate surface area is 105 Å². The Bertz CT molecular complexity index is 587. The Balaban J connectivity index is 2.25. The van der Waals surface area contributed by atoms with Crippen molar-refractivity contribution in [2.24, 2.45) is 0 Å². The van der Waals surface area contributed by atoms with Gasteiger partial charge in [-0.3, -0.25) is 0 Å². The molecule has 1 aromatic carbocycles. The molecule has 0 amide bonds. The minimum absolute atomic E-state index is 0.238. The van der Waals surface area contributed by atoms with Crippen LogP contribution in [0.5, 0.6) is 11.8 Å². The molecule has 0 saturated carbocycles. The first-order valence-corrected chi connectivity index (χ1v) is 5.48. The molecule has 0 aliphatic carbocycles. The van der Waals surface area contributed by atoms with Crippen LogP contribution in [0.25, 0.3) is 4.85 Å². The third-order valence-corrected chi connectivity index (χ3v) is 2.41. The standard InChI is InChI=1S/C13H12N4O/c1-3-9-6-11(4-5-12(9)15-2)18-13-16-7-10(14)8-17-13/h4-8H,3,14H2,1H3. The van der Waals surface area contributed by atoms with Crippen LogP contribution in [0.1, 0.15) is 12.5 Å². The van der Waals surface area contributed by atoms with Crippen LogP contribution in [0.3, 0.4) is 0 Å². The number of nitrogens with two attached hydrogens (primary N) is 1. The predicted molar refractivity (Wildman–Crippen MR) is 68.6 cm³/mol. The van der Waals surface area contributed by atoms with Crippen LogP contribution in [0.15, 0.2) is 30.6 Å². The molecule has 0 atom stereocenters. The van der Waals surface area contributed by atoms with Crippen molar-refractivity contribution in [1.82, 2.24) is 9.97 Å².